The number of likely N-dealkylation sites (tertiary alicyclic amines) is 1. The molecule has 2 aliphatic rings. The Kier molecular flexibility index (Phi) is 7.46. The number of benzene rings is 2. The first-order valence-electron chi connectivity index (χ1n) is 12.1. The second-order valence-electron chi connectivity index (χ2n) is 9.67. The van der Waals surface area contributed by atoms with Crippen LogP contribution in [-0.4, -0.2) is 37.0 Å². The standard InChI is InChI=1S/C27H36FN3O/c1-20-11-17-31(18-12-20)26-9-5-23(6-10-26)21(2)29-27(32)24-13-15-30(16-14-24)19-22-3-7-25(28)8-4-22/h3-10,20-21,24H,11-19H2,1-2H3,(H,29,32)/t21-/m1/s1. The molecule has 0 aliphatic carbocycles. The average molecular weight is 438 g/mol. The first kappa shape index (κ1) is 22.8. The number of anilines is 1. The van der Waals surface area contributed by atoms with Gasteiger partial charge in [0.1, 0.15) is 5.82 Å². The molecule has 0 aromatic heterocycles. The van der Waals surface area contributed by atoms with Crippen molar-refractivity contribution in [2.75, 3.05) is 31.1 Å². The summed E-state index contributed by atoms with van der Waals surface area (Å²) in [6.45, 7) is 9.27. The molecule has 0 saturated carbocycles. The molecule has 2 heterocycles. The number of rotatable bonds is 6. The van der Waals surface area contributed by atoms with Crippen molar-refractivity contribution in [1.82, 2.24) is 10.2 Å². The first-order valence-corrected chi connectivity index (χ1v) is 12.1. The van der Waals surface area contributed by atoms with E-state index in [4.69, 9.17) is 0 Å². The fraction of sp³-hybridized carbons (Fsp3) is 0.519. The Morgan fingerprint density at radius 2 is 1.59 bits per heavy atom. The lowest BCUT2D eigenvalue weighted by molar-refractivity contribution is -0.127. The number of nitrogens with zero attached hydrogens (tertiary/aromatic N) is 2. The Balaban J connectivity index is 1.23. The molecule has 4 nitrogen and oxygen atoms in total. The maximum atomic E-state index is 13.1. The zero-order chi connectivity index (χ0) is 22.5. The third-order valence-electron chi connectivity index (χ3n) is 7.18. The van der Waals surface area contributed by atoms with Gasteiger partial charge >= 0.3 is 0 Å². The summed E-state index contributed by atoms with van der Waals surface area (Å²) < 4.78 is 13.1. The van der Waals surface area contributed by atoms with Gasteiger partial charge in [-0.3, -0.25) is 9.69 Å². The average Bonchev–Trinajstić information content (AvgIpc) is 2.81. The third kappa shape index (κ3) is 5.89. The number of nitrogens with one attached hydrogen (secondary N) is 1. The molecule has 5 heteroatoms. The van der Waals surface area contributed by atoms with Gasteiger partial charge in [0.25, 0.3) is 0 Å². The van der Waals surface area contributed by atoms with E-state index in [0.29, 0.717) is 0 Å². The Labute approximate surface area is 191 Å². The van der Waals surface area contributed by atoms with Crippen molar-refractivity contribution in [2.45, 2.75) is 52.1 Å². The zero-order valence-corrected chi connectivity index (χ0v) is 19.4. The zero-order valence-electron chi connectivity index (χ0n) is 19.4. The summed E-state index contributed by atoms with van der Waals surface area (Å²) in [4.78, 5) is 17.7. The summed E-state index contributed by atoms with van der Waals surface area (Å²) >= 11 is 0. The van der Waals surface area contributed by atoms with E-state index >= 15 is 0 Å². The highest BCUT2D eigenvalue weighted by Crippen LogP contribution is 2.25. The fourth-order valence-corrected chi connectivity index (χ4v) is 4.86. The van der Waals surface area contributed by atoms with Crippen LogP contribution in [0.15, 0.2) is 48.5 Å². The second-order valence-corrected chi connectivity index (χ2v) is 9.67. The van der Waals surface area contributed by atoms with Gasteiger partial charge in [-0.1, -0.05) is 31.2 Å². The van der Waals surface area contributed by atoms with Crippen molar-refractivity contribution in [3.63, 3.8) is 0 Å². The quantitative estimate of drug-likeness (QED) is 0.679. The number of hydrogen-bond acceptors (Lipinski definition) is 3. The molecule has 0 spiro atoms. The largest absolute Gasteiger partial charge is 0.372 e. The van der Waals surface area contributed by atoms with Gasteiger partial charge in [0.15, 0.2) is 0 Å². The van der Waals surface area contributed by atoms with Crippen molar-refractivity contribution in [3.05, 3.63) is 65.5 Å². The molecule has 4 rings (SSSR count). The number of carbonyl (C=O) groups excluding carboxylic acids is 1. The summed E-state index contributed by atoms with van der Waals surface area (Å²) in [5, 5.41) is 3.23. The van der Waals surface area contributed by atoms with Gasteiger partial charge in [-0.15, -0.1) is 0 Å². The summed E-state index contributed by atoms with van der Waals surface area (Å²) in [7, 11) is 0. The molecule has 2 fully saturated rings. The highest BCUT2D eigenvalue weighted by Gasteiger charge is 2.26. The molecule has 1 N–H and O–H groups in total. The monoisotopic (exact) mass is 437 g/mol. The molecule has 2 aromatic rings. The highest BCUT2D eigenvalue weighted by atomic mass is 19.1. The molecule has 0 unspecified atom stereocenters. The van der Waals surface area contributed by atoms with Crippen LogP contribution in [0.25, 0.3) is 0 Å². The van der Waals surface area contributed by atoms with Crippen LogP contribution in [0.2, 0.25) is 0 Å². The van der Waals surface area contributed by atoms with Crippen LogP contribution in [0.1, 0.15) is 56.7 Å². The van der Waals surface area contributed by atoms with Crippen molar-refractivity contribution < 1.29 is 9.18 Å². The van der Waals surface area contributed by atoms with Gasteiger partial charge in [0.05, 0.1) is 6.04 Å². The lowest BCUT2D eigenvalue weighted by Gasteiger charge is -2.32. The van der Waals surface area contributed by atoms with E-state index in [0.717, 1.165) is 62.6 Å². The number of halogens is 1. The Hall–Kier alpha value is -2.40. The number of amides is 1. The molecule has 1 amide bonds. The Bertz CT molecular complexity index is 867. The minimum Gasteiger partial charge on any atom is -0.372 e. The number of hydrogen-bond donors (Lipinski definition) is 1. The van der Waals surface area contributed by atoms with Crippen LogP contribution >= 0.6 is 0 Å². The summed E-state index contributed by atoms with van der Waals surface area (Å²) in [5.74, 6) is 0.856. The molecule has 1 atom stereocenters. The van der Waals surface area contributed by atoms with E-state index in [2.05, 4.69) is 53.2 Å². The summed E-state index contributed by atoms with van der Waals surface area (Å²) in [6, 6.07) is 15.4. The Morgan fingerprint density at radius 3 is 2.22 bits per heavy atom. The van der Waals surface area contributed by atoms with Gasteiger partial charge in [-0.2, -0.15) is 0 Å². The minimum atomic E-state index is -0.200. The van der Waals surface area contributed by atoms with Crippen LogP contribution in [-0.2, 0) is 11.3 Å². The maximum absolute atomic E-state index is 13.1. The Morgan fingerprint density at radius 1 is 0.969 bits per heavy atom. The minimum absolute atomic E-state index is 0.00942. The molecule has 32 heavy (non-hydrogen) atoms. The van der Waals surface area contributed by atoms with Crippen LogP contribution in [0.4, 0.5) is 10.1 Å². The highest BCUT2D eigenvalue weighted by molar-refractivity contribution is 5.79. The molecular formula is C27H36FN3O. The van der Waals surface area contributed by atoms with Crippen LogP contribution in [0, 0.1) is 17.7 Å². The molecule has 2 saturated heterocycles. The lowest BCUT2D eigenvalue weighted by atomic mass is 9.94. The second kappa shape index (κ2) is 10.5. The number of piperidine rings is 2. The van der Waals surface area contributed by atoms with Gasteiger partial charge in [-0.05, 0) is 87.0 Å². The van der Waals surface area contributed by atoms with Crippen LogP contribution in [0.3, 0.4) is 0 Å². The first-order chi connectivity index (χ1) is 15.5. The molecule has 172 valence electrons. The SMILES string of the molecule is CC1CCN(c2ccc([C@@H](C)NC(=O)C3CCN(Cc4ccc(F)cc4)CC3)cc2)CC1. The van der Waals surface area contributed by atoms with Crippen molar-refractivity contribution in [1.29, 1.82) is 0 Å². The predicted molar refractivity (Wildman–Crippen MR) is 128 cm³/mol. The van der Waals surface area contributed by atoms with Crippen molar-refractivity contribution >= 4 is 11.6 Å². The van der Waals surface area contributed by atoms with Crippen LogP contribution < -0.4 is 10.2 Å². The third-order valence-corrected chi connectivity index (χ3v) is 7.18. The summed E-state index contributed by atoms with van der Waals surface area (Å²) in [5.41, 5.74) is 3.55. The van der Waals surface area contributed by atoms with E-state index in [-0.39, 0.29) is 23.7 Å². The predicted octanol–water partition coefficient (Wildman–Crippen LogP) is 5.15. The molecule has 2 aliphatic heterocycles. The smallest absolute Gasteiger partial charge is 0.223 e. The van der Waals surface area contributed by atoms with E-state index in [9.17, 15) is 9.18 Å². The lowest BCUT2D eigenvalue weighted by Crippen LogP contribution is -2.40. The molecule has 2 aromatic carbocycles. The molecule has 0 bridgehead atoms. The van der Waals surface area contributed by atoms with Gasteiger partial charge in [0, 0.05) is 31.2 Å². The van der Waals surface area contributed by atoms with Gasteiger partial charge in [-0.25, -0.2) is 4.39 Å². The molecule has 0 radical (unpaired) electrons. The van der Waals surface area contributed by atoms with E-state index < -0.39 is 0 Å². The van der Waals surface area contributed by atoms with Crippen molar-refractivity contribution in [3.8, 4) is 0 Å². The molecular weight excluding hydrogens is 401 g/mol. The van der Waals surface area contributed by atoms with E-state index in [1.807, 2.05) is 12.1 Å². The van der Waals surface area contributed by atoms with E-state index in [1.165, 1.54) is 30.7 Å². The van der Waals surface area contributed by atoms with E-state index in [1.54, 1.807) is 0 Å². The van der Waals surface area contributed by atoms with Gasteiger partial charge in [0.2, 0.25) is 5.91 Å². The maximum Gasteiger partial charge on any atom is 0.223 e. The van der Waals surface area contributed by atoms with Gasteiger partial charge < -0.3 is 10.2 Å². The number of carbonyl (C=O) groups is 1. The fourth-order valence-electron chi connectivity index (χ4n) is 4.86. The van der Waals surface area contributed by atoms with Crippen LogP contribution in [0.5, 0.6) is 0 Å². The van der Waals surface area contributed by atoms with Crippen molar-refractivity contribution in [2.24, 2.45) is 11.8 Å². The summed E-state index contributed by atoms with van der Waals surface area (Å²) in [6.07, 6.45) is 4.26. The normalized spacial score (nSPS) is 19.7. The topological polar surface area (TPSA) is 35.6 Å².